The summed E-state index contributed by atoms with van der Waals surface area (Å²) < 4.78 is 4.74. The quantitative estimate of drug-likeness (QED) is 0.837. The van der Waals surface area contributed by atoms with Gasteiger partial charge in [0, 0.05) is 17.2 Å². The molecule has 5 heteroatoms. The van der Waals surface area contributed by atoms with Crippen molar-refractivity contribution in [1.29, 1.82) is 0 Å². The van der Waals surface area contributed by atoms with E-state index in [1.54, 1.807) is 6.92 Å². The number of thiazole rings is 1. The number of esters is 1. The Morgan fingerprint density at radius 2 is 2.24 bits per heavy atom. The van der Waals surface area contributed by atoms with Crippen LogP contribution in [0.15, 0.2) is 5.38 Å². The van der Waals surface area contributed by atoms with Crippen LogP contribution in [0, 0.1) is 0 Å². The zero-order chi connectivity index (χ0) is 13.1. The van der Waals surface area contributed by atoms with Crippen LogP contribution < -0.4 is 0 Å². The van der Waals surface area contributed by atoms with Crippen molar-refractivity contribution in [2.24, 2.45) is 0 Å². The lowest BCUT2D eigenvalue weighted by molar-refractivity contribution is -0.152. The Morgan fingerprint density at radius 3 is 2.71 bits per heavy atom. The largest absolute Gasteiger partial charge is 0.464 e. The number of nitrogens with zero attached hydrogens (tertiary/aromatic N) is 1. The van der Waals surface area contributed by atoms with E-state index in [0.717, 1.165) is 10.7 Å². The van der Waals surface area contributed by atoms with Crippen molar-refractivity contribution in [3.05, 3.63) is 16.1 Å². The summed E-state index contributed by atoms with van der Waals surface area (Å²) in [6.45, 7) is 8.22. The van der Waals surface area contributed by atoms with Gasteiger partial charge in [-0.3, -0.25) is 0 Å². The molecule has 1 unspecified atom stereocenters. The molecule has 4 nitrogen and oxygen atoms in total. The van der Waals surface area contributed by atoms with Crippen molar-refractivity contribution >= 4 is 17.3 Å². The number of hydrogen-bond donors (Lipinski definition) is 1. The number of hydrogen-bond acceptors (Lipinski definition) is 5. The second-order valence-corrected chi connectivity index (χ2v) is 5.79. The predicted molar refractivity (Wildman–Crippen MR) is 67.2 cm³/mol. The van der Waals surface area contributed by atoms with Crippen molar-refractivity contribution in [3.8, 4) is 0 Å². The third kappa shape index (κ3) is 4.09. The normalized spacial score (nSPS) is 13.5. The summed E-state index contributed by atoms with van der Waals surface area (Å²) >= 11 is 1.46. The second kappa shape index (κ2) is 5.60. The van der Waals surface area contributed by atoms with Gasteiger partial charge in [-0.25, -0.2) is 9.78 Å². The number of rotatable bonds is 4. The number of carbonyl (C=O) groups is 1. The lowest BCUT2D eigenvalue weighted by Gasteiger charge is -2.14. The topological polar surface area (TPSA) is 59.4 Å². The van der Waals surface area contributed by atoms with Gasteiger partial charge in [-0.2, -0.15) is 0 Å². The number of aliphatic hydroxyl groups is 1. The summed E-state index contributed by atoms with van der Waals surface area (Å²) in [7, 11) is 0. The van der Waals surface area contributed by atoms with Gasteiger partial charge < -0.3 is 9.84 Å². The Bertz CT molecular complexity index is 381. The minimum absolute atomic E-state index is 0.0103. The van der Waals surface area contributed by atoms with Crippen molar-refractivity contribution < 1.29 is 14.6 Å². The summed E-state index contributed by atoms with van der Waals surface area (Å²) in [4.78, 5) is 15.7. The van der Waals surface area contributed by atoms with Crippen LogP contribution in [-0.4, -0.2) is 28.8 Å². The van der Waals surface area contributed by atoms with E-state index in [0.29, 0.717) is 0 Å². The molecular weight excluding hydrogens is 238 g/mol. The van der Waals surface area contributed by atoms with Crippen LogP contribution in [0.1, 0.15) is 38.4 Å². The van der Waals surface area contributed by atoms with Gasteiger partial charge in [0.25, 0.3) is 0 Å². The first-order valence-corrected chi connectivity index (χ1v) is 6.52. The molecule has 0 radical (unpaired) electrons. The summed E-state index contributed by atoms with van der Waals surface area (Å²) in [5, 5.41) is 12.3. The van der Waals surface area contributed by atoms with Gasteiger partial charge in [0.05, 0.1) is 17.3 Å². The lowest BCUT2D eigenvalue weighted by Crippen LogP contribution is -2.25. The van der Waals surface area contributed by atoms with Gasteiger partial charge in [-0.15, -0.1) is 11.3 Å². The van der Waals surface area contributed by atoms with E-state index in [2.05, 4.69) is 25.8 Å². The molecule has 1 aromatic rings. The van der Waals surface area contributed by atoms with Crippen LogP contribution in [0.2, 0.25) is 0 Å². The Morgan fingerprint density at radius 1 is 1.59 bits per heavy atom. The third-order valence-electron chi connectivity index (χ3n) is 2.25. The molecule has 0 bridgehead atoms. The van der Waals surface area contributed by atoms with Crippen molar-refractivity contribution in [2.45, 2.75) is 45.6 Å². The fraction of sp³-hybridized carbons (Fsp3) is 0.667. The Kier molecular flexibility index (Phi) is 4.65. The molecular formula is C12H19NO3S. The molecule has 0 aliphatic carbocycles. The van der Waals surface area contributed by atoms with Crippen molar-refractivity contribution in [3.63, 3.8) is 0 Å². The maximum absolute atomic E-state index is 11.3. The van der Waals surface area contributed by atoms with Gasteiger partial charge in [0.15, 0.2) is 6.10 Å². The molecule has 0 aliphatic rings. The molecule has 1 N–H and O–H groups in total. The lowest BCUT2D eigenvalue weighted by atomic mass is 9.93. The number of aliphatic hydroxyl groups excluding tert-OH is 1. The highest BCUT2D eigenvalue weighted by Crippen LogP contribution is 2.24. The Hall–Kier alpha value is -0.940. The van der Waals surface area contributed by atoms with Crippen molar-refractivity contribution in [2.75, 3.05) is 6.61 Å². The molecule has 1 rings (SSSR count). The maximum Gasteiger partial charge on any atom is 0.335 e. The molecule has 0 spiro atoms. The summed E-state index contributed by atoms with van der Waals surface area (Å²) in [5.74, 6) is -0.583. The van der Waals surface area contributed by atoms with Crippen LogP contribution in [0.5, 0.6) is 0 Å². The Balaban J connectivity index is 2.64. The van der Waals surface area contributed by atoms with Gasteiger partial charge in [0.1, 0.15) is 0 Å². The average Bonchev–Trinajstić information content (AvgIpc) is 2.66. The third-order valence-corrected chi connectivity index (χ3v) is 3.12. The van der Waals surface area contributed by atoms with Crippen LogP contribution in [0.25, 0.3) is 0 Å². The monoisotopic (exact) mass is 257 g/mol. The molecule has 17 heavy (non-hydrogen) atoms. The minimum Gasteiger partial charge on any atom is -0.464 e. The van der Waals surface area contributed by atoms with Crippen LogP contribution in [0.3, 0.4) is 0 Å². The molecule has 0 aromatic carbocycles. The minimum atomic E-state index is -1.12. The first-order valence-electron chi connectivity index (χ1n) is 5.64. The van der Waals surface area contributed by atoms with Crippen molar-refractivity contribution in [1.82, 2.24) is 4.98 Å². The van der Waals surface area contributed by atoms with E-state index in [-0.39, 0.29) is 18.4 Å². The summed E-state index contributed by atoms with van der Waals surface area (Å²) in [5.41, 5.74) is 0.970. The molecule has 1 heterocycles. The van der Waals surface area contributed by atoms with Crippen LogP contribution >= 0.6 is 11.3 Å². The SMILES string of the molecule is CCOC(=O)C(O)Cc1nc(C(C)(C)C)cs1. The molecule has 0 saturated heterocycles. The van der Waals surface area contributed by atoms with E-state index < -0.39 is 12.1 Å². The predicted octanol–water partition coefficient (Wildman–Crippen LogP) is 1.91. The van der Waals surface area contributed by atoms with Gasteiger partial charge in [0.2, 0.25) is 0 Å². The van der Waals surface area contributed by atoms with Gasteiger partial charge in [-0.05, 0) is 6.92 Å². The molecule has 96 valence electrons. The van der Waals surface area contributed by atoms with Crippen LogP contribution in [-0.2, 0) is 21.4 Å². The van der Waals surface area contributed by atoms with Crippen LogP contribution in [0.4, 0.5) is 0 Å². The molecule has 0 amide bonds. The number of carbonyl (C=O) groups excluding carboxylic acids is 1. The van der Waals surface area contributed by atoms with E-state index in [4.69, 9.17) is 4.74 Å². The zero-order valence-corrected chi connectivity index (χ0v) is 11.5. The van der Waals surface area contributed by atoms with E-state index in [1.165, 1.54) is 11.3 Å². The summed E-state index contributed by atoms with van der Waals surface area (Å²) in [6.07, 6.45) is -0.895. The van der Waals surface area contributed by atoms with E-state index >= 15 is 0 Å². The van der Waals surface area contributed by atoms with E-state index in [9.17, 15) is 9.90 Å². The van der Waals surface area contributed by atoms with Gasteiger partial charge >= 0.3 is 5.97 Å². The smallest absolute Gasteiger partial charge is 0.335 e. The highest BCUT2D eigenvalue weighted by atomic mass is 32.1. The van der Waals surface area contributed by atoms with Gasteiger partial charge in [-0.1, -0.05) is 20.8 Å². The zero-order valence-electron chi connectivity index (χ0n) is 10.7. The Labute approximate surface area is 106 Å². The first kappa shape index (κ1) is 14.1. The first-order chi connectivity index (χ1) is 7.84. The second-order valence-electron chi connectivity index (χ2n) is 4.85. The molecule has 1 atom stereocenters. The molecule has 0 fully saturated rings. The fourth-order valence-corrected chi connectivity index (χ4v) is 2.30. The standard InChI is InChI=1S/C12H19NO3S/c1-5-16-11(15)8(14)6-10-13-9(7-17-10)12(2,3)4/h7-8,14H,5-6H2,1-4H3. The molecule has 1 aromatic heterocycles. The summed E-state index contributed by atoms with van der Waals surface area (Å²) in [6, 6.07) is 0. The molecule has 0 saturated carbocycles. The van der Waals surface area contributed by atoms with E-state index in [1.807, 2.05) is 5.38 Å². The highest BCUT2D eigenvalue weighted by molar-refractivity contribution is 7.09. The highest BCUT2D eigenvalue weighted by Gasteiger charge is 2.21. The average molecular weight is 257 g/mol. The number of aromatic nitrogens is 1. The molecule has 0 aliphatic heterocycles. The number of ether oxygens (including phenoxy) is 1. The maximum atomic E-state index is 11.3. The fourth-order valence-electron chi connectivity index (χ4n) is 1.24.